The van der Waals surface area contributed by atoms with Gasteiger partial charge in [0.1, 0.15) is 0 Å². The van der Waals surface area contributed by atoms with Gasteiger partial charge in [0.05, 0.1) is 12.8 Å². The van der Waals surface area contributed by atoms with Crippen molar-refractivity contribution in [2.24, 2.45) is 0 Å². The Hall–Kier alpha value is -0.140. The summed E-state index contributed by atoms with van der Waals surface area (Å²) >= 11 is 0. The molecule has 1 unspecified atom stereocenters. The molecule has 1 atom stereocenters. The molecule has 0 aliphatic heterocycles. The second-order valence-corrected chi connectivity index (χ2v) is 2.90. The lowest BCUT2D eigenvalue weighted by molar-refractivity contribution is 0.295. The van der Waals surface area contributed by atoms with Crippen molar-refractivity contribution < 1.29 is 8.78 Å². The van der Waals surface area contributed by atoms with Crippen molar-refractivity contribution in [3.05, 3.63) is 0 Å². The number of hydrogen-bond acceptors (Lipinski definition) is 0. The van der Waals surface area contributed by atoms with E-state index < -0.39 is 6.17 Å². The van der Waals surface area contributed by atoms with Crippen LogP contribution in [0.1, 0.15) is 45.4 Å². The fourth-order valence-corrected chi connectivity index (χ4v) is 1.02. The minimum Gasteiger partial charge on any atom is -0.251 e. The third-order valence-electron chi connectivity index (χ3n) is 1.84. The van der Waals surface area contributed by atoms with Gasteiger partial charge in [-0.05, 0) is 19.3 Å². The Labute approximate surface area is 68.0 Å². The molecule has 0 aromatic carbocycles. The maximum atomic E-state index is 12.6. The lowest BCUT2D eigenvalue weighted by atomic mass is 10.1. The summed E-state index contributed by atoms with van der Waals surface area (Å²) in [6.07, 6.45) is 4.07. The molecule has 0 bridgehead atoms. The Balaban J connectivity index is 2.89. The smallest absolute Gasteiger partial charge is 0.0999 e. The molecule has 0 aliphatic rings. The van der Waals surface area contributed by atoms with E-state index in [0.717, 1.165) is 19.3 Å². The first-order chi connectivity index (χ1) is 5.31. The molecule has 0 nitrogen and oxygen atoms in total. The molecule has 68 valence electrons. The fraction of sp³-hybridized carbons (Fsp3) is 1.00. The highest BCUT2D eigenvalue weighted by molar-refractivity contribution is 4.53. The van der Waals surface area contributed by atoms with Gasteiger partial charge < -0.3 is 0 Å². The van der Waals surface area contributed by atoms with E-state index in [-0.39, 0.29) is 6.67 Å². The van der Waals surface area contributed by atoms with Crippen LogP contribution in [0.2, 0.25) is 0 Å². The summed E-state index contributed by atoms with van der Waals surface area (Å²) in [6.45, 7) is 1.62. The number of alkyl halides is 2. The highest BCUT2D eigenvalue weighted by atomic mass is 19.1. The van der Waals surface area contributed by atoms with Crippen LogP contribution in [0.15, 0.2) is 0 Å². The van der Waals surface area contributed by atoms with Gasteiger partial charge in [0.2, 0.25) is 0 Å². The van der Waals surface area contributed by atoms with Crippen LogP contribution in [0.4, 0.5) is 8.78 Å². The van der Waals surface area contributed by atoms with Crippen molar-refractivity contribution in [3.63, 3.8) is 0 Å². The van der Waals surface area contributed by atoms with Crippen LogP contribution in [-0.4, -0.2) is 12.8 Å². The molecule has 0 spiro atoms. The van der Waals surface area contributed by atoms with Crippen LogP contribution >= 0.6 is 0 Å². The molecule has 0 rings (SSSR count). The summed E-state index contributed by atoms with van der Waals surface area (Å²) in [4.78, 5) is 0. The molecule has 0 aliphatic carbocycles. The largest absolute Gasteiger partial charge is 0.251 e. The minimum absolute atomic E-state index is 0.229. The van der Waals surface area contributed by atoms with E-state index >= 15 is 0 Å². The molecule has 0 aromatic rings. The van der Waals surface area contributed by atoms with Crippen LogP contribution in [0, 0.1) is 0 Å². The van der Waals surface area contributed by atoms with E-state index in [1.807, 2.05) is 6.92 Å². The Morgan fingerprint density at radius 3 is 2.27 bits per heavy atom. The monoisotopic (exact) mass is 164 g/mol. The van der Waals surface area contributed by atoms with Crippen LogP contribution in [0.5, 0.6) is 0 Å². The Kier molecular flexibility index (Phi) is 7.86. The molecule has 2 heteroatoms. The zero-order valence-electron chi connectivity index (χ0n) is 7.28. The maximum Gasteiger partial charge on any atom is 0.0999 e. The Morgan fingerprint density at radius 1 is 1.09 bits per heavy atom. The van der Waals surface area contributed by atoms with Gasteiger partial charge >= 0.3 is 0 Å². The summed E-state index contributed by atoms with van der Waals surface area (Å²) in [5.41, 5.74) is 0. The van der Waals surface area contributed by atoms with Gasteiger partial charge in [-0.25, -0.2) is 4.39 Å². The average Bonchev–Trinajstić information content (AvgIpc) is 2.04. The van der Waals surface area contributed by atoms with Gasteiger partial charge in [-0.3, -0.25) is 4.39 Å². The van der Waals surface area contributed by atoms with E-state index in [9.17, 15) is 8.78 Å². The van der Waals surface area contributed by atoms with E-state index in [2.05, 4.69) is 0 Å². The van der Waals surface area contributed by atoms with Crippen LogP contribution in [-0.2, 0) is 0 Å². The minimum atomic E-state index is -0.639. The number of unbranched alkanes of at least 4 members (excludes halogenated alkanes) is 3. The third kappa shape index (κ3) is 7.76. The quantitative estimate of drug-likeness (QED) is 0.504. The summed E-state index contributed by atoms with van der Waals surface area (Å²) in [5, 5.41) is 0. The highest BCUT2D eigenvalue weighted by Crippen LogP contribution is 2.10. The first kappa shape index (κ1) is 10.9. The van der Waals surface area contributed by atoms with E-state index in [0.29, 0.717) is 19.3 Å². The first-order valence-electron chi connectivity index (χ1n) is 4.51. The van der Waals surface area contributed by atoms with Gasteiger partial charge in [0.15, 0.2) is 0 Å². The molecule has 0 saturated heterocycles. The van der Waals surface area contributed by atoms with Crippen molar-refractivity contribution in [1.29, 1.82) is 0 Å². The molecular formula is C9H18F2. The highest BCUT2D eigenvalue weighted by Gasteiger charge is 2.01. The van der Waals surface area contributed by atoms with Gasteiger partial charge in [-0.2, -0.15) is 0 Å². The standard InChI is InChI=1S/C9H18F2/c1-2-9(11)7-5-3-4-6-8-10/h9H,2-8H2,1H3. The normalized spacial score (nSPS) is 13.4. The molecule has 0 amide bonds. The second kappa shape index (κ2) is 7.96. The van der Waals surface area contributed by atoms with Crippen molar-refractivity contribution in [2.45, 2.75) is 51.6 Å². The summed E-state index contributed by atoms with van der Waals surface area (Å²) < 4.78 is 24.1. The summed E-state index contributed by atoms with van der Waals surface area (Å²) in [7, 11) is 0. The molecule has 0 N–H and O–H groups in total. The van der Waals surface area contributed by atoms with Crippen molar-refractivity contribution in [2.75, 3.05) is 6.67 Å². The van der Waals surface area contributed by atoms with Crippen molar-refractivity contribution in [1.82, 2.24) is 0 Å². The predicted octanol–water partition coefficient (Wildman–Crippen LogP) is 3.65. The van der Waals surface area contributed by atoms with Crippen LogP contribution in [0.25, 0.3) is 0 Å². The van der Waals surface area contributed by atoms with E-state index in [1.165, 1.54) is 0 Å². The fourth-order valence-electron chi connectivity index (χ4n) is 1.02. The van der Waals surface area contributed by atoms with Crippen molar-refractivity contribution in [3.8, 4) is 0 Å². The Morgan fingerprint density at radius 2 is 1.73 bits per heavy atom. The zero-order valence-corrected chi connectivity index (χ0v) is 7.28. The molecule has 0 radical (unpaired) electrons. The zero-order chi connectivity index (χ0) is 8.53. The van der Waals surface area contributed by atoms with Crippen molar-refractivity contribution >= 4 is 0 Å². The maximum absolute atomic E-state index is 12.6. The second-order valence-electron chi connectivity index (χ2n) is 2.90. The van der Waals surface area contributed by atoms with Gasteiger partial charge in [0, 0.05) is 0 Å². The number of hydrogen-bond donors (Lipinski definition) is 0. The Bertz CT molecular complexity index is 74.0. The molecule has 0 saturated carbocycles. The first-order valence-corrected chi connectivity index (χ1v) is 4.51. The van der Waals surface area contributed by atoms with Crippen LogP contribution in [0.3, 0.4) is 0 Å². The van der Waals surface area contributed by atoms with Crippen LogP contribution < -0.4 is 0 Å². The molecule has 11 heavy (non-hydrogen) atoms. The lowest BCUT2D eigenvalue weighted by Gasteiger charge is -2.03. The van der Waals surface area contributed by atoms with E-state index in [4.69, 9.17) is 0 Å². The van der Waals surface area contributed by atoms with Gasteiger partial charge in [-0.1, -0.05) is 26.2 Å². The average molecular weight is 164 g/mol. The number of halogens is 2. The lowest BCUT2D eigenvalue weighted by Crippen LogP contribution is -1.96. The number of rotatable bonds is 7. The summed E-state index contributed by atoms with van der Waals surface area (Å²) in [6, 6.07) is 0. The third-order valence-corrected chi connectivity index (χ3v) is 1.84. The molecule has 0 fully saturated rings. The van der Waals surface area contributed by atoms with Gasteiger partial charge in [-0.15, -0.1) is 0 Å². The predicted molar refractivity (Wildman–Crippen MR) is 44.2 cm³/mol. The molecule has 0 aromatic heterocycles. The SMILES string of the molecule is CCC(F)CCCCCCF. The summed E-state index contributed by atoms with van der Waals surface area (Å²) in [5.74, 6) is 0. The van der Waals surface area contributed by atoms with Gasteiger partial charge in [0.25, 0.3) is 0 Å². The molecular weight excluding hydrogens is 146 g/mol. The topological polar surface area (TPSA) is 0 Å². The molecule has 0 heterocycles. The van der Waals surface area contributed by atoms with E-state index in [1.54, 1.807) is 0 Å².